The molecule has 0 bridgehead atoms. The van der Waals surface area contributed by atoms with E-state index in [4.69, 9.17) is 5.73 Å². The van der Waals surface area contributed by atoms with Gasteiger partial charge in [-0.1, -0.05) is 30.5 Å². The summed E-state index contributed by atoms with van der Waals surface area (Å²) in [4.78, 5) is 2.35. The molecular formula is C14H22N2. The number of nitrogens with zero attached hydrogens (tertiary/aromatic N) is 1. The predicted molar refractivity (Wildman–Crippen MR) is 69.8 cm³/mol. The fourth-order valence-electron chi connectivity index (χ4n) is 2.59. The molecule has 1 aliphatic rings. The lowest BCUT2D eigenvalue weighted by molar-refractivity contribution is 0.373. The Balaban J connectivity index is 2.11. The van der Waals surface area contributed by atoms with E-state index in [1.807, 2.05) is 0 Å². The van der Waals surface area contributed by atoms with Crippen molar-refractivity contribution in [3.8, 4) is 0 Å². The summed E-state index contributed by atoms with van der Waals surface area (Å²) in [5.74, 6) is 0. The lowest BCUT2D eigenvalue weighted by Crippen LogP contribution is -2.48. The standard InChI is InChI=1S/C14H22N2/c1-11-7-9-12(10-8-11)16(2)14-6-4-3-5-13(14)15/h7-10,13-14H,3-6,15H2,1-2H3. The van der Waals surface area contributed by atoms with Gasteiger partial charge in [0.2, 0.25) is 0 Å². The van der Waals surface area contributed by atoms with Crippen molar-refractivity contribution in [2.45, 2.75) is 44.7 Å². The van der Waals surface area contributed by atoms with E-state index in [1.165, 1.54) is 36.9 Å². The lowest BCUT2D eigenvalue weighted by Gasteiger charge is -2.37. The SMILES string of the molecule is Cc1ccc(N(C)C2CCCCC2N)cc1. The zero-order chi connectivity index (χ0) is 11.5. The summed E-state index contributed by atoms with van der Waals surface area (Å²) in [5, 5.41) is 0. The first-order valence-electron chi connectivity index (χ1n) is 6.23. The topological polar surface area (TPSA) is 29.3 Å². The minimum absolute atomic E-state index is 0.333. The van der Waals surface area contributed by atoms with E-state index in [1.54, 1.807) is 0 Å². The van der Waals surface area contributed by atoms with Gasteiger partial charge in [-0.3, -0.25) is 0 Å². The first-order chi connectivity index (χ1) is 7.68. The summed E-state index contributed by atoms with van der Waals surface area (Å²) in [6.07, 6.45) is 5.00. The minimum atomic E-state index is 0.333. The van der Waals surface area contributed by atoms with Gasteiger partial charge in [-0.2, -0.15) is 0 Å². The minimum Gasteiger partial charge on any atom is -0.370 e. The largest absolute Gasteiger partial charge is 0.370 e. The van der Waals surface area contributed by atoms with Crippen LogP contribution in [0.4, 0.5) is 5.69 Å². The van der Waals surface area contributed by atoms with E-state index in [2.05, 4.69) is 43.1 Å². The molecule has 0 aromatic heterocycles. The van der Waals surface area contributed by atoms with Crippen LogP contribution in [0.5, 0.6) is 0 Å². The normalized spacial score (nSPS) is 25.4. The molecule has 1 saturated carbocycles. The van der Waals surface area contributed by atoms with Crippen molar-refractivity contribution in [2.75, 3.05) is 11.9 Å². The Bertz CT molecular complexity index is 331. The Kier molecular flexibility index (Phi) is 3.49. The molecule has 0 amide bonds. The molecule has 2 atom stereocenters. The van der Waals surface area contributed by atoms with Gasteiger partial charge >= 0.3 is 0 Å². The van der Waals surface area contributed by atoms with Crippen molar-refractivity contribution < 1.29 is 0 Å². The van der Waals surface area contributed by atoms with E-state index < -0.39 is 0 Å². The number of benzene rings is 1. The molecule has 1 aliphatic carbocycles. The van der Waals surface area contributed by atoms with Crippen LogP contribution in [-0.4, -0.2) is 19.1 Å². The second kappa shape index (κ2) is 4.88. The average Bonchev–Trinajstić information content (AvgIpc) is 2.30. The van der Waals surface area contributed by atoms with Gasteiger partial charge < -0.3 is 10.6 Å². The molecule has 2 rings (SSSR count). The molecular weight excluding hydrogens is 196 g/mol. The zero-order valence-electron chi connectivity index (χ0n) is 10.3. The summed E-state index contributed by atoms with van der Waals surface area (Å²) in [5.41, 5.74) is 8.80. The zero-order valence-corrected chi connectivity index (χ0v) is 10.3. The predicted octanol–water partition coefficient (Wildman–Crippen LogP) is 2.70. The van der Waals surface area contributed by atoms with Crippen molar-refractivity contribution >= 4 is 5.69 Å². The molecule has 1 aromatic rings. The van der Waals surface area contributed by atoms with Crippen molar-refractivity contribution in [2.24, 2.45) is 5.73 Å². The number of hydrogen-bond donors (Lipinski definition) is 1. The first kappa shape index (κ1) is 11.5. The van der Waals surface area contributed by atoms with Crippen LogP contribution < -0.4 is 10.6 Å². The van der Waals surface area contributed by atoms with Gasteiger partial charge in [0, 0.05) is 24.8 Å². The monoisotopic (exact) mass is 218 g/mol. The highest BCUT2D eigenvalue weighted by Crippen LogP contribution is 2.25. The Hall–Kier alpha value is -1.02. The van der Waals surface area contributed by atoms with E-state index >= 15 is 0 Å². The summed E-state index contributed by atoms with van der Waals surface area (Å²) in [7, 11) is 2.17. The van der Waals surface area contributed by atoms with E-state index in [9.17, 15) is 0 Å². The Labute approximate surface area is 98.4 Å². The summed E-state index contributed by atoms with van der Waals surface area (Å²) >= 11 is 0. The molecule has 0 heterocycles. The third kappa shape index (κ3) is 2.38. The molecule has 1 aromatic carbocycles. The summed E-state index contributed by atoms with van der Waals surface area (Å²) in [6.45, 7) is 2.12. The fraction of sp³-hybridized carbons (Fsp3) is 0.571. The molecule has 0 aliphatic heterocycles. The Morgan fingerprint density at radius 1 is 1.12 bits per heavy atom. The smallest absolute Gasteiger partial charge is 0.0437 e. The van der Waals surface area contributed by atoms with Crippen molar-refractivity contribution in [1.82, 2.24) is 0 Å². The number of rotatable bonds is 2. The number of anilines is 1. The molecule has 0 radical (unpaired) electrons. The van der Waals surface area contributed by atoms with E-state index in [-0.39, 0.29) is 0 Å². The van der Waals surface area contributed by atoms with Crippen LogP contribution in [0, 0.1) is 6.92 Å². The number of likely N-dealkylation sites (N-methyl/N-ethyl adjacent to an activating group) is 1. The molecule has 2 heteroatoms. The van der Waals surface area contributed by atoms with Crippen LogP contribution in [0.25, 0.3) is 0 Å². The highest BCUT2D eigenvalue weighted by molar-refractivity contribution is 5.48. The van der Waals surface area contributed by atoms with Gasteiger partial charge in [-0.25, -0.2) is 0 Å². The highest BCUT2D eigenvalue weighted by Gasteiger charge is 2.25. The number of aryl methyl sites for hydroxylation is 1. The van der Waals surface area contributed by atoms with Crippen LogP contribution in [0.1, 0.15) is 31.2 Å². The maximum absolute atomic E-state index is 6.21. The molecule has 1 fully saturated rings. The van der Waals surface area contributed by atoms with Gasteiger partial charge in [0.15, 0.2) is 0 Å². The van der Waals surface area contributed by atoms with E-state index in [0.717, 1.165) is 0 Å². The second-order valence-corrected chi connectivity index (χ2v) is 4.96. The first-order valence-corrected chi connectivity index (χ1v) is 6.23. The molecule has 2 unspecified atom stereocenters. The van der Waals surface area contributed by atoms with Crippen molar-refractivity contribution in [1.29, 1.82) is 0 Å². The Morgan fingerprint density at radius 2 is 1.75 bits per heavy atom. The highest BCUT2D eigenvalue weighted by atomic mass is 15.2. The molecule has 2 N–H and O–H groups in total. The quantitative estimate of drug-likeness (QED) is 0.827. The number of nitrogens with two attached hydrogens (primary N) is 1. The lowest BCUT2D eigenvalue weighted by atomic mass is 9.90. The maximum Gasteiger partial charge on any atom is 0.0437 e. The van der Waals surface area contributed by atoms with Crippen LogP contribution in [0.2, 0.25) is 0 Å². The van der Waals surface area contributed by atoms with Gasteiger partial charge in [-0.15, -0.1) is 0 Å². The fourth-order valence-corrected chi connectivity index (χ4v) is 2.59. The van der Waals surface area contributed by atoms with Gasteiger partial charge in [-0.05, 0) is 31.9 Å². The van der Waals surface area contributed by atoms with Crippen molar-refractivity contribution in [3.63, 3.8) is 0 Å². The Morgan fingerprint density at radius 3 is 2.38 bits per heavy atom. The van der Waals surface area contributed by atoms with Crippen LogP contribution in [0.15, 0.2) is 24.3 Å². The summed E-state index contributed by atoms with van der Waals surface area (Å²) < 4.78 is 0. The average molecular weight is 218 g/mol. The van der Waals surface area contributed by atoms with Crippen LogP contribution >= 0.6 is 0 Å². The summed E-state index contributed by atoms with van der Waals surface area (Å²) in [6, 6.07) is 9.56. The number of hydrogen-bond acceptors (Lipinski definition) is 2. The molecule has 2 nitrogen and oxygen atoms in total. The molecule has 0 saturated heterocycles. The van der Waals surface area contributed by atoms with Crippen LogP contribution in [-0.2, 0) is 0 Å². The molecule has 16 heavy (non-hydrogen) atoms. The maximum atomic E-state index is 6.21. The van der Waals surface area contributed by atoms with Gasteiger partial charge in [0.05, 0.1) is 0 Å². The van der Waals surface area contributed by atoms with Gasteiger partial charge in [0.25, 0.3) is 0 Å². The second-order valence-electron chi connectivity index (χ2n) is 4.96. The van der Waals surface area contributed by atoms with Crippen molar-refractivity contribution in [3.05, 3.63) is 29.8 Å². The molecule has 0 spiro atoms. The van der Waals surface area contributed by atoms with Gasteiger partial charge in [0.1, 0.15) is 0 Å². The van der Waals surface area contributed by atoms with E-state index in [0.29, 0.717) is 12.1 Å². The molecule has 88 valence electrons. The third-order valence-electron chi connectivity index (χ3n) is 3.72. The third-order valence-corrected chi connectivity index (χ3v) is 3.72. The van der Waals surface area contributed by atoms with Crippen LogP contribution in [0.3, 0.4) is 0 Å².